The lowest BCUT2D eigenvalue weighted by atomic mass is 9.71. The van der Waals surface area contributed by atoms with Gasteiger partial charge in [-0.25, -0.2) is 0 Å². The van der Waals surface area contributed by atoms with E-state index in [1.54, 1.807) is 0 Å². The monoisotopic (exact) mass is 265 g/mol. The van der Waals surface area contributed by atoms with Crippen molar-refractivity contribution >= 4 is 5.95 Å². The van der Waals surface area contributed by atoms with E-state index in [1.807, 2.05) is 0 Å². The Labute approximate surface area is 116 Å². The van der Waals surface area contributed by atoms with E-state index in [-0.39, 0.29) is 5.41 Å². The van der Waals surface area contributed by atoms with Crippen molar-refractivity contribution in [2.24, 2.45) is 11.1 Å². The molecule has 5 heteroatoms. The minimum absolute atomic E-state index is 0.252. The first-order chi connectivity index (χ1) is 9.24. The molecule has 2 rings (SSSR count). The van der Waals surface area contributed by atoms with Crippen LogP contribution in [0.4, 0.5) is 5.95 Å². The molecule has 0 atom stereocenters. The van der Waals surface area contributed by atoms with Crippen LogP contribution in [0.15, 0.2) is 0 Å². The van der Waals surface area contributed by atoms with Gasteiger partial charge in [-0.1, -0.05) is 19.3 Å². The van der Waals surface area contributed by atoms with Crippen molar-refractivity contribution in [1.29, 1.82) is 0 Å². The summed E-state index contributed by atoms with van der Waals surface area (Å²) in [7, 11) is 0. The number of nitrogens with two attached hydrogens (primary N) is 1. The van der Waals surface area contributed by atoms with Gasteiger partial charge in [0.05, 0.1) is 0 Å². The summed E-state index contributed by atoms with van der Waals surface area (Å²) in [5, 5.41) is 11.9. The summed E-state index contributed by atoms with van der Waals surface area (Å²) >= 11 is 0. The molecule has 5 nitrogen and oxygen atoms in total. The largest absolute Gasteiger partial charge is 0.355 e. The number of nitrogens with one attached hydrogen (secondary N) is 1. The first-order valence-corrected chi connectivity index (χ1v) is 7.60. The zero-order valence-corrected chi connectivity index (χ0v) is 12.3. The van der Waals surface area contributed by atoms with Crippen molar-refractivity contribution in [2.45, 2.75) is 58.9 Å². The number of hydrogen-bond donors (Lipinski definition) is 2. The van der Waals surface area contributed by atoms with Crippen LogP contribution in [0.25, 0.3) is 0 Å². The Kier molecular flexibility index (Phi) is 4.80. The van der Waals surface area contributed by atoms with Crippen LogP contribution in [0.3, 0.4) is 0 Å². The smallest absolute Gasteiger partial charge is 0.224 e. The van der Waals surface area contributed by atoms with Gasteiger partial charge in [-0.15, -0.1) is 10.2 Å². The fourth-order valence-electron chi connectivity index (χ4n) is 3.18. The van der Waals surface area contributed by atoms with E-state index >= 15 is 0 Å². The molecule has 0 aliphatic heterocycles. The maximum absolute atomic E-state index is 6.07. The molecule has 0 radical (unpaired) electrons. The fourth-order valence-corrected chi connectivity index (χ4v) is 3.18. The standard InChI is InChI=1S/C14H27N5/c1-3-16-13-18-17-12(19(13)4-2)10-14(11-15)8-6-5-7-9-14/h3-11,15H2,1-2H3,(H,16,18). The summed E-state index contributed by atoms with van der Waals surface area (Å²) in [6, 6.07) is 0. The maximum atomic E-state index is 6.07. The molecule has 0 spiro atoms. The quantitative estimate of drug-likeness (QED) is 0.827. The Bertz CT molecular complexity index is 393. The molecule has 1 aliphatic rings. The van der Waals surface area contributed by atoms with Gasteiger partial charge in [-0.05, 0) is 38.6 Å². The summed E-state index contributed by atoms with van der Waals surface area (Å²) in [5.74, 6) is 1.98. The normalized spacial score (nSPS) is 18.5. The Morgan fingerprint density at radius 3 is 2.53 bits per heavy atom. The molecular weight excluding hydrogens is 238 g/mol. The van der Waals surface area contributed by atoms with Crippen molar-refractivity contribution in [3.8, 4) is 0 Å². The lowest BCUT2D eigenvalue weighted by Crippen LogP contribution is -2.35. The van der Waals surface area contributed by atoms with Crippen LogP contribution in [0.2, 0.25) is 0 Å². The molecule has 1 aliphatic carbocycles. The molecule has 1 fully saturated rings. The van der Waals surface area contributed by atoms with E-state index in [1.165, 1.54) is 32.1 Å². The Hall–Kier alpha value is -1.10. The van der Waals surface area contributed by atoms with Crippen LogP contribution >= 0.6 is 0 Å². The van der Waals surface area contributed by atoms with Crippen molar-refractivity contribution in [2.75, 3.05) is 18.4 Å². The van der Waals surface area contributed by atoms with Gasteiger partial charge in [0.2, 0.25) is 5.95 Å². The molecule has 1 heterocycles. The molecule has 1 aromatic heterocycles. The zero-order valence-electron chi connectivity index (χ0n) is 12.3. The van der Waals surface area contributed by atoms with Crippen LogP contribution in [-0.4, -0.2) is 27.9 Å². The highest BCUT2D eigenvalue weighted by Gasteiger charge is 2.32. The van der Waals surface area contributed by atoms with Crippen LogP contribution in [0, 0.1) is 5.41 Å². The Balaban J connectivity index is 2.17. The van der Waals surface area contributed by atoms with E-state index in [0.29, 0.717) is 0 Å². The summed E-state index contributed by atoms with van der Waals surface area (Å²) in [5.41, 5.74) is 6.32. The van der Waals surface area contributed by atoms with Crippen LogP contribution in [0.1, 0.15) is 51.8 Å². The molecule has 3 N–H and O–H groups in total. The first kappa shape index (κ1) is 14.3. The van der Waals surface area contributed by atoms with E-state index in [4.69, 9.17) is 5.73 Å². The number of hydrogen-bond acceptors (Lipinski definition) is 4. The maximum Gasteiger partial charge on any atom is 0.224 e. The molecular formula is C14H27N5. The lowest BCUT2D eigenvalue weighted by Gasteiger charge is -2.35. The second-order valence-electron chi connectivity index (χ2n) is 5.66. The number of rotatable bonds is 6. The van der Waals surface area contributed by atoms with Crippen molar-refractivity contribution in [1.82, 2.24) is 14.8 Å². The fraction of sp³-hybridized carbons (Fsp3) is 0.857. The van der Waals surface area contributed by atoms with Gasteiger partial charge in [-0.2, -0.15) is 0 Å². The van der Waals surface area contributed by atoms with Gasteiger partial charge >= 0.3 is 0 Å². The van der Waals surface area contributed by atoms with Gasteiger partial charge < -0.3 is 11.1 Å². The molecule has 1 saturated carbocycles. The van der Waals surface area contributed by atoms with Gasteiger partial charge in [0, 0.05) is 19.5 Å². The highest BCUT2D eigenvalue weighted by atomic mass is 15.3. The first-order valence-electron chi connectivity index (χ1n) is 7.60. The summed E-state index contributed by atoms with van der Waals surface area (Å²) in [6.07, 6.45) is 7.39. The average molecular weight is 265 g/mol. The van der Waals surface area contributed by atoms with Crippen LogP contribution in [0.5, 0.6) is 0 Å². The van der Waals surface area contributed by atoms with E-state index in [0.717, 1.165) is 37.8 Å². The SMILES string of the molecule is CCNc1nnc(CC2(CN)CCCCC2)n1CC. The predicted octanol–water partition coefficient (Wildman–Crippen LogP) is 2.18. The van der Waals surface area contributed by atoms with Gasteiger partial charge in [-0.3, -0.25) is 4.57 Å². The molecule has 1 aromatic rings. The molecule has 108 valence electrons. The Morgan fingerprint density at radius 1 is 1.21 bits per heavy atom. The minimum Gasteiger partial charge on any atom is -0.355 e. The summed E-state index contributed by atoms with van der Waals surface area (Å²) in [4.78, 5) is 0. The molecule has 0 saturated heterocycles. The molecule has 0 bridgehead atoms. The minimum atomic E-state index is 0.252. The average Bonchev–Trinajstić information content (AvgIpc) is 2.82. The zero-order chi connectivity index (χ0) is 13.7. The number of anilines is 1. The van der Waals surface area contributed by atoms with Crippen LogP contribution < -0.4 is 11.1 Å². The van der Waals surface area contributed by atoms with Crippen molar-refractivity contribution in [3.05, 3.63) is 5.82 Å². The third-order valence-electron chi connectivity index (χ3n) is 4.36. The summed E-state index contributed by atoms with van der Waals surface area (Å²) in [6.45, 7) is 6.77. The van der Waals surface area contributed by atoms with Crippen molar-refractivity contribution < 1.29 is 0 Å². The van der Waals surface area contributed by atoms with Crippen LogP contribution in [-0.2, 0) is 13.0 Å². The third-order valence-corrected chi connectivity index (χ3v) is 4.36. The molecule has 0 unspecified atom stereocenters. The van der Waals surface area contributed by atoms with E-state index < -0.39 is 0 Å². The van der Waals surface area contributed by atoms with Gasteiger partial charge in [0.25, 0.3) is 0 Å². The highest BCUT2D eigenvalue weighted by Crippen LogP contribution is 2.38. The molecule has 19 heavy (non-hydrogen) atoms. The second-order valence-corrected chi connectivity index (χ2v) is 5.66. The second kappa shape index (κ2) is 6.37. The third kappa shape index (κ3) is 3.08. The topological polar surface area (TPSA) is 68.8 Å². The number of aromatic nitrogens is 3. The van der Waals surface area contributed by atoms with E-state index in [2.05, 4.69) is 33.9 Å². The van der Waals surface area contributed by atoms with Gasteiger partial charge in [0.1, 0.15) is 5.82 Å². The van der Waals surface area contributed by atoms with Gasteiger partial charge in [0.15, 0.2) is 0 Å². The Morgan fingerprint density at radius 2 is 1.95 bits per heavy atom. The molecule has 0 aromatic carbocycles. The molecule has 0 amide bonds. The lowest BCUT2D eigenvalue weighted by molar-refractivity contribution is 0.191. The van der Waals surface area contributed by atoms with E-state index in [9.17, 15) is 0 Å². The highest BCUT2D eigenvalue weighted by molar-refractivity contribution is 5.25. The number of nitrogens with zero attached hydrogens (tertiary/aromatic N) is 3. The predicted molar refractivity (Wildman–Crippen MR) is 78.1 cm³/mol. The van der Waals surface area contributed by atoms with Crippen molar-refractivity contribution in [3.63, 3.8) is 0 Å². The summed E-state index contributed by atoms with van der Waals surface area (Å²) < 4.78 is 2.19.